The van der Waals surface area contributed by atoms with E-state index in [0.717, 1.165) is 12.1 Å². The number of carbonyl (C=O) groups is 1. The van der Waals surface area contributed by atoms with E-state index >= 15 is 0 Å². The van der Waals surface area contributed by atoms with E-state index in [0.29, 0.717) is 13.1 Å². The molecule has 1 amide bonds. The van der Waals surface area contributed by atoms with Crippen molar-refractivity contribution in [2.45, 2.75) is 19.9 Å². The Balaban J connectivity index is 2.18. The Morgan fingerprint density at radius 3 is 2.94 bits per heavy atom. The minimum Gasteiger partial charge on any atom is -0.336 e. The molecular weight excluding hydrogens is 219 g/mol. The second-order valence-electron chi connectivity index (χ2n) is 4.59. The van der Waals surface area contributed by atoms with Crippen molar-refractivity contribution >= 4 is 5.91 Å². The molecule has 0 aliphatic carbocycles. The molecule has 92 valence electrons. The summed E-state index contributed by atoms with van der Waals surface area (Å²) < 4.78 is 13.7. The molecular formula is C13H17FN2O. The molecule has 1 heterocycles. The van der Waals surface area contributed by atoms with E-state index in [2.05, 4.69) is 5.32 Å². The van der Waals surface area contributed by atoms with Crippen LogP contribution in [0.5, 0.6) is 0 Å². The third-order valence-electron chi connectivity index (χ3n) is 3.01. The molecule has 17 heavy (non-hydrogen) atoms. The van der Waals surface area contributed by atoms with E-state index in [-0.39, 0.29) is 17.5 Å². The van der Waals surface area contributed by atoms with Crippen molar-refractivity contribution in [3.05, 3.63) is 35.1 Å². The number of piperazine rings is 1. The quantitative estimate of drug-likeness (QED) is 0.802. The summed E-state index contributed by atoms with van der Waals surface area (Å²) >= 11 is 0. The Morgan fingerprint density at radius 2 is 2.29 bits per heavy atom. The monoisotopic (exact) mass is 236 g/mol. The summed E-state index contributed by atoms with van der Waals surface area (Å²) in [6.45, 7) is 5.86. The fraction of sp³-hybridized carbons (Fsp3) is 0.462. The summed E-state index contributed by atoms with van der Waals surface area (Å²) in [5, 5.41) is 3.25. The lowest BCUT2D eigenvalue weighted by molar-refractivity contribution is 0.0704. The van der Waals surface area contributed by atoms with Gasteiger partial charge in [-0.05, 0) is 31.5 Å². The van der Waals surface area contributed by atoms with Gasteiger partial charge in [-0.25, -0.2) is 4.39 Å². The summed E-state index contributed by atoms with van der Waals surface area (Å²) in [7, 11) is 0. The Labute approximate surface area is 101 Å². The molecule has 1 aliphatic heterocycles. The summed E-state index contributed by atoms with van der Waals surface area (Å²) in [5.41, 5.74) is 0.998. The maximum absolute atomic E-state index is 13.7. The van der Waals surface area contributed by atoms with Gasteiger partial charge in [0.05, 0.1) is 5.56 Å². The molecule has 0 aromatic heterocycles. The smallest absolute Gasteiger partial charge is 0.256 e. The largest absolute Gasteiger partial charge is 0.336 e. The number of aryl methyl sites for hydroxylation is 1. The van der Waals surface area contributed by atoms with Crippen LogP contribution in [-0.4, -0.2) is 36.5 Å². The van der Waals surface area contributed by atoms with Crippen LogP contribution >= 0.6 is 0 Å². The second kappa shape index (κ2) is 4.84. The van der Waals surface area contributed by atoms with Gasteiger partial charge in [-0.15, -0.1) is 0 Å². The average molecular weight is 236 g/mol. The highest BCUT2D eigenvalue weighted by molar-refractivity contribution is 5.94. The third kappa shape index (κ3) is 2.64. The van der Waals surface area contributed by atoms with Crippen LogP contribution in [0.4, 0.5) is 4.39 Å². The Bertz CT molecular complexity index is 433. The van der Waals surface area contributed by atoms with Crippen molar-refractivity contribution in [3.63, 3.8) is 0 Å². The van der Waals surface area contributed by atoms with Crippen molar-refractivity contribution in [1.29, 1.82) is 0 Å². The van der Waals surface area contributed by atoms with Gasteiger partial charge in [0.25, 0.3) is 5.91 Å². The van der Waals surface area contributed by atoms with Crippen LogP contribution in [0.15, 0.2) is 18.2 Å². The van der Waals surface area contributed by atoms with Crippen LogP contribution in [0, 0.1) is 12.7 Å². The van der Waals surface area contributed by atoms with Crippen LogP contribution in [0.25, 0.3) is 0 Å². The van der Waals surface area contributed by atoms with Crippen LogP contribution in [-0.2, 0) is 0 Å². The zero-order chi connectivity index (χ0) is 12.4. The highest BCUT2D eigenvalue weighted by atomic mass is 19.1. The molecule has 1 aliphatic rings. The van der Waals surface area contributed by atoms with Gasteiger partial charge in [0.15, 0.2) is 0 Å². The first-order valence-electron chi connectivity index (χ1n) is 5.87. The van der Waals surface area contributed by atoms with Crippen molar-refractivity contribution in [3.8, 4) is 0 Å². The van der Waals surface area contributed by atoms with Crippen molar-refractivity contribution in [2.24, 2.45) is 0 Å². The lowest BCUT2D eigenvalue weighted by atomic mass is 10.1. The molecule has 1 fully saturated rings. The number of nitrogens with zero attached hydrogens (tertiary/aromatic N) is 1. The first-order chi connectivity index (χ1) is 8.08. The minimum atomic E-state index is -0.429. The minimum absolute atomic E-state index is 0.171. The van der Waals surface area contributed by atoms with Crippen LogP contribution < -0.4 is 5.32 Å². The number of amides is 1. The number of halogens is 1. The first kappa shape index (κ1) is 12.0. The number of hydrogen-bond acceptors (Lipinski definition) is 2. The Hall–Kier alpha value is -1.42. The van der Waals surface area contributed by atoms with Crippen molar-refractivity contribution < 1.29 is 9.18 Å². The fourth-order valence-corrected chi connectivity index (χ4v) is 2.08. The van der Waals surface area contributed by atoms with Crippen LogP contribution in [0.2, 0.25) is 0 Å². The zero-order valence-corrected chi connectivity index (χ0v) is 10.2. The highest BCUT2D eigenvalue weighted by Crippen LogP contribution is 2.13. The Kier molecular flexibility index (Phi) is 3.43. The van der Waals surface area contributed by atoms with Crippen LogP contribution in [0.1, 0.15) is 22.8 Å². The normalized spacial score (nSPS) is 20.4. The predicted molar refractivity (Wildman–Crippen MR) is 64.5 cm³/mol. The summed E-state index contributed by atoms with van der Waals surface area (Å²) in [4.78, 5) is 13.8. The SMILES string of the molecule is Cc1ccc(C(=O)N2CCNC(C)C2)c(F)c1. The molecule has 1 N–H and O–H groups in total. The fourth-order valence-electron chi connectivity index (χ4n) is 2.08. The third-order valence-corrected chi connectivity index (χ3v) is 3.01. The van der Waals surface area contributed by atoms with E-state index in [1.54, 1.807) is 17.0 Å². The van der Waals surface area contributed by atoms with E-state index in [1.807, 2.05) is 13.8 Å². The van der Waals surface area contributed by atoms with Gasteiger partial charge >= 0.3 is 0 Å². The van der Waals surface area contributed by atoms with Gasteiger partial charge in [-0.1, -0.05) is 6.07 Å². The van der Waals surface area contributed by atoms with Crippen LogP contribution in [0.3, 0.4) is 0 Å². The van der Waals surface area contributed by atoms with Crippen molar-refractivity contribution in [1.82, 2.24) is 10.2 Å². The Morgan fingerprint density at radius 1 is 1.53 bits per heavy atom. The lowest BCUT2D eigenvalue weighted by Crippen LogP contribution is -2.51. The van der Waals surface area contributed by atoms with Gasteiger partial charge in [0.2, 0.25) is 0 Å². The number of rotatable bonds is 1. The van der Waals surface area contributed by atoms with Gasteiger partial charge in [-0.3, -0.25) is 4.79 Å². The highest BCUT2D eigenvalue weighted by Gasteiger charge is 2.23. The van der Waals surface area contributed by atoms with E-state index in [9.17, 15) is 9.18 Å². The molecule has 0 radical (unpaired) electrons. The zero-order valence-electron chi connectivity index (χ0n) is 10.2. The number of carbonyl (C=O) groups excluding carboxylic acids is 1. The predicted octanol–water partition coefficient (Wildman–Crippen LogP) is 1.57. The van der Waals surface area contributed by atoms with Crippen molar-refractivity contribution in [2.75, 3.05) is 19.6 Å². The molecule has 0 saturated carbocycles. The molecule has 0 bridgehead atoms. The second-order valence-corrected chi connectivity index (χ2v) is 4.59. The molecule has 1 aromatic carbocycles. The number of hydrogen-bond donors (Lipinski definition) is 1. The molecule has 1 aromatic rings. The summed E-state index contributed by atoms with van der Waals surface area (Å²) in [6.07, 6.45) is 0. The summed E-state index contributed by atoms with van der Waals surface area (Å²) in [6, 6.07) is 5.00. The number of benzene rings is 1. The molecule has 3 nitrogen and oxygen atoms in total. The lowest BCUT2D eigenvalue weighted by Gasteiger charge is -2.32. The van der Waals surface area contributed by atoms with E-state index in [1.165, 1.54) is 6.07 Å². The summed E-state index contributed by atoms with van der Waals surface area (Å²) in [5.74, 6) is -0.642. The molecule has 1 atom stereocenters. The molecule has 1 unspecified atom stereocenters. The standard InChI is InChI=1S/C13H17FN2O/c1-9-3-4-11(12(14)7-9)13(17)16-6-5-15-10(2)8-16/h3-4,7,10,15H,5-6,8H2,1-2H3. The molecule has 0 spiro atoms. The molecule has 1 saturated heterocycles. The molecule has 2 rings (SSSR count). The number of nitrogens with one attached hydrogen (secondary N) is 1. The van der Waals surface area contributed by atoms with Gasteiger partial charge < -0.3 is 10.2 Å². The van der Waals surface area contributed by atoms with E-state index < -0.39 is 5.82 Å². The molecule has 4 heteroatoms. The van der Waals surface area contributed by atoms with Gasteiger partial charge in [0, 0.05) is 25.7 Å². The maximum Gasteiger partial charge on any atom is 0.256 e. The maximum atomic E-state index is 13.7. The van der Waals surface area contributed by atoms with Gasteiger partial charge in [0.1, 0.15) is 5.82 Å². The topological polar surface area (TPSA) is 32.3 Å². The first-order valence-corrected chi connectivity index (χ1v) is 5.87. The average Bonchev–Trinajstić information content (AvgIpc) is 2.28. The van der Waals surface area contributed by atoms with E-state index in [4.69, 9.17) is 0 Å². The van der Waals surface area contributed by atoms with Gasteiger partial charge in [-0.2, -0.15) is 0 Å².